The maximum atomic E-state index is 15.0. The van der Waals surface area contributed by atoms with Crippen molar-refractivity contribution in [3.05, 3.63) is 53.4 Å². The molecule has 0 spiro atoms. The van der Waals surface area contributed by atoms with Crippen molar-refractivity contribution in [2.75, 3.05) is 26.2 Å². The van der Waals surface area contributed by atoms with E-state index in [2.05, 4.69) is 10.2 Å². The highest BCUT2D eigenvalue weighted by atomic mass is 19.1. The van der Waals surface area contributed by atoms with Crippen molar-refractivity contribution in [1.82, 2.24) is 9.80 Å². The molecule has 2 aliphatic carbocycles. The number of hydrogen-bond acceptors (Lipinski definition) is 5. The Hall–Kier alpha value is -3.13. The van der Waals surface area contributed by atoms with Gasteiger partial charge in [0.05, 0.1) is 28.4 Å². The number of piperazine rings is 1. The van der Waals surface area contributed by atoms with Crippen LogP contribution in [-0.4, -0.2) is 64.8 Å². The number of carbonyl (C=O) groups excluding carboxylic acids is 2. The van der Waals surface area contributed by atoms with Gasteiger partial charge >= 0.3 is 0 Å². The van der Waals surface area contributed by atoms with Crippen molar-refractivity contribution in [3.63, 3.8) is 0 Å². The molecule has 1 saturated carbocycles. The Labute approximate surface area is 179 Å². The summed E-state index contributed by atoms with van der Waals surface area (Å²) in [5, 5.41) is 8.39. The van der Waals surface area contributed by atoms with Crippen LogP contribution in [0.5, 0.6) is 0 Å². The van der Waals surface area contributed by atoms with Crippen LogP contribution >= 0.6 is 0 Å². The van der Waals surface area contributed by atoms with Crippen LogP contribution in [0.3, 0.4) is 0 Å². The molecule has 4 aliphatic rings. The average molecular weight is 421 g/mol. The summed E-state index contributed by atoms with van der Waals surface area (Å²) < 4.78 is 15.0. The van der Waals surface area contributed by atoms with E-state index in [1.54, 1.807) is 15.9 Å². The van der Waals surface area contributed by atoms with E-state index in [9.17, 15) is 14.0 Å². The molecule has 5 rings (SSSR count). The SMILES string of the molecule is CC1=NN=C2C(c3ccc(C(=O)N4CCN(C(=O)C5(N)CC5)CC4)c(F)c3)=CC=CC12. The van der Waals surface area contributed by atoms with Gasteiger partial charge in [0.15, 0.2) is 0 Å². The van der Waals surface area contributed by atoms with E-state index in [4.69, 9.17) is 5.73 Å². The molecular weight excluding hydrogens is 397 g/mol. The molecule has 0 aromatic heterocycles. The second kappa shape index (κ2) is 7.23. The Morgan fingerprint density at radius 3 is 2.52 bits per heavy atom. The van der Waals surface area contributed by atoms with Gasteiger partial charge in [-0.2, -0.15) is 10.2 Å². The first-order chi connectivity index (χ1) is 14.9. The van der Waals surface area contributed by atoms with Crippen LogP contribution in [0, 0.1) is 11.7 Å². The van der Waals surface area contributed by atoms with Crippen LogP contribution in [-0.2, 0) is 4.79 Å². The molecule has 1 aromatic carbocycles. The van der Waals surface area contributed by atoms with E-state index in [-0.39, 0.29) is 23.3 Å². The summed E-state index contributed by atoms with van der Waals surface area (Å²) in [6, 6.07) is 4.66. The fourth-order valence-electron chi connectivity index (χ4n) is 4.30. The minimum atomic E-state index is -0.705. The molecular formula is C23H24FN5O2. The summed E-state index contributed by atoms with van der Waals surface area (Å²) in [6.07, 6.45) is 7.26. The predicted octanol–water partition coefficient (Wildman–Crippen LogP) is 2.00. The molecule has 8 heteroatoms. The fourth-order valence-corrected chi connectivity index (χ4v) is 4.30. The lowest BCUT2D eigenvalue weighted by Crippen LogP contribution is -2.55. The lowest BCUT2D eigenvalue weighted by atomic mass is 9.86. The van der Waals surface area contributed by atoms with Gasteiger partial charge in [-0.25, -0.2) is 4.39 Å². The van der Waals surface area contributed by atoms with Crippen LogP contribution in [0.1, 0.15) is 35.7 Å². The molecule has 0 radical (unpaired) electrons. The molecule has 1 aromatic rings. The number of hydrogen-bond donors (Lipinski definition) is 1. The third-order valence-electron chi connectivity index (χ3n) is 6.48. The quantitative estimate of drug-likeness (QED) is 0.809. The maximum absolute atomic E-state index is 15.0. The standard InChI is InChI=1S/C23H24FN5O2/c1-14-16-3-2-4-17(20(16)27-26-14)15-5-6-18(19(24)13-15)21(30)28-9-11-29(12-10-28)22(31)23(25)7-8-23/h2-6,13,16H,7-12,25H2,1H3. The number of nitrogens with two attached hydrogens (primary N) is 1. The molecule has 160 valence electrons. The Balaban J connectivity index is 1.29. The first-order valence-electron chi connectivity index (χ1n) is 10.6. The number of carbonyl (C=O) groups is 2. The van der Waals surface area contributed by atoms with E-state index >= 15 is 0 Å². The Morgan fingerprint density at radius 1 is 1.13 bits per heavy atom. The monoisotopic (exact) mass is 421 g/mol. The van der Waals surface area contributed by atoms with Crippen LogP contribution in [0.15, 0.2) is 46.6 Å². The van der Waals surface area contributed by atoms with Gasteiger partial charge in [-0.05, 0) is 37.5 Å². The molecule has 2 heterocycles. The van der Waals surface area contributed by atoms with Gasteiger partial charge < -0.3 is 15.5 Å². The molecule has 31 heavy (non-hydrogen) atoms. The van der Waals surface area contributed by atoms with Crippen LogP contribution in [0.2, 0.25) is 0 Å². The molecule has 1 unspecified atom stereocenters. The van der Waals surface area contributed by atoms with Crippen molar-refractivity contribution in [2.24, 2.45) is 21.9 Å². The molecule has 7 nitrogen and oxygen atoms in total. The van der Waals surface area contributed by atoms with Gasteiger partial charge in [0.2, 0.25) is 5.91 Å². The molecule has 2 N–H and O–H groups in total. The largest absolute Gasteiger partial charge is 0.338 e. The van der Waals surface area contributed by atoms with Crippen molar-refractivity contribution < 1.29 is 14.0 Å². The zero-order chi connectivity index (χ0) is 21.8. The number of nitrogens with zero attached hydrogens (tertiary/aromatic N) is 4. The molecule has 2 fully saturated rings. The predicted molar refractivity (Wildman–Crippen MR) is 116 cm³/mol. The summed E-state index contributed by atoms with van der Waals surface area (Å²) in [6.45, 7) is 3.49. The summed E-state index contributed by atoms with van der Waals surface area (Å²) in [5.74, 6) is -0.954. The van der Waals surface area contributed by atoms with E-state index in [1.807, 2.05) is 25.2 Å². The second-order valence-electron chi connectivity index (χ2n) is 8.60. The average Bonchev–Trinajstić information content (AvgIpc) is 3.43. The Morgan fingerprint density at radius 2 is 1.84 bits per heavy atom. The lowest BCUT2D eigenvalue weighted by Gasteiger charge is -2.36. The number of allylic oxidation sites excluding steroid dienone is 4. The van der Waals surface area contributed by atoms with Crippen LogP contribution in [0.4, 0.5) is 4.39 Å². The molecule has 0 bridgehead atoms. The van der Waals surface area contributed by atoms with Gasteiger partial charge in [-0.1, -0.05) is 24.3 Å². The third kappa shape index (κ3) is 3.40. The summed E-state index contributed by atoms with van der Waals surface area (Å²) in [5.41, 5.74) is 8.51. The fraction of sp³-hybridized carbons (Fsp3) is 0.391. The highest BCUT2D eigenvalue weighted by molar-refractivity contribution is 6.33. The highest BCUT2D eigenvalue weighted by Gasteiger charge is 2.48. The first kappa shape index (κ1) is 19.8. The first-order valence-corrected chi connectivity index (χ1v) is 10.6. The third-order valence-corrected chi connectivity index (χ3v) is 6.48. The van der Waals surface area contributed by atoms with Gasteiger partial charge in [0.1, 0.15) is 5.82 Å². The number of fused-ring (bicyclic) bond motifs is 1. The summed E-state index contributed by atoms with van der Waals surface area (Å²) >= 11 is 0. The minimum Gasteiger partial charge on any atom is -0.338 e. The Kier molecular flexibility index (Phi) is 4.62. The van der Waals surface area contributed by atoms with E-state index in [0.29, 0.717) is 44.6 Å². The number of halogens is 1. The highest BCUT2D eigenvalue weighted by Crippen LogP contribution is 2.34. The van der Waals surface area contributed by atoms with Gasteiger partial charge in [0.25, 0.3) is 5.91 Å². The van der Waals surface area contributed by atoms with Crippen molar-refractivity contribution in [2.45, 2.75) is 25.3 Å². The van der Waals surface area contributed by atoms with Crippen molar-refractivity contribution >= 4 is 28.8 Å². The number of benzene rings is 1. The topological polar surface area (TPSA) is 91.4 Å². The summed E-state index contributed by atoms with van der Waals surface area (Å²) in [7, 11) is 0. The molecule has 1 saturated heterocycles. The van der Waals surface area contributed by atoms with E-state index < -0.39 is 11.4 Å². The van der Waals surface area contributed by atoms with Crippen LogP contribution < -0.4 is 5.73 Å². The van der Waals surface area contributed by atoms with Crippen molar-refractivity contribution in [1.29, 1.82) is 0 Å². The van der Waals surface area contributed by atoms with Gasteiger partial charge in [-0.15, -0.1) is 0 Å². The zero-order valence-electron chi connectivity index (χ0n) is 17.3. The van der Waals surface area contributed by atoms with Gasteiger partial charge in [-0.3, -0.25) is 9.59 Å². The molecule has 2 amide bonds. The summed E-state index contributed by atoms with van der Waals surface area (Å²) in [4.78, 5) is 28.6. The Bertz CT molecular complexity index is 1090. The smallest absolute Gasteiger partial charge is 0.256 e. The zero-order valence-corrected chi connectivity index (χ0v) is 17.3. The minimum absolute atomic E-state index is 0.0201. The maximum Gasteiger partial charge on any atom is 0.256 e. The van der Waals surface area contributed by atoms with Crippen LogP contribution in [0.25, 0.3) is 5.57 Å². The molecule has 2 aliphatic heterocycles. The number of rotatable bonds is 3. The number of amides is 2. The van der Waals surface area contributed by atoms with Gasteiger partial charge in [0, 0.05) is 31.8 Å². The lowest BCUT2D eigenvalue weighted by molar-refractivity contribution is -0.135. The van der Waals surface area contributed by atoms with E-state index in [1.165, 1.54) is 12.1 Å². The molecule has 1 atom stereocenters. The normalized spacial score (nSPS) is 23.7. The van der Waals surface area contributed by atoms with Crippen molar-refractivity contribution in [3.8, 4) is 0 Å². The van der Waals surface area contributed by atoms with E-state index in [0.717, 1.165) is 17.0 Å². The second-order valence-corrected chi connectivity index (χ2v) is 8.60.